The highest BCUT2D eigenvalue weighted by atomic mass is 35.5. The molecule has 3 aliphatic rings. The molecule has 2 aromatic heterocycles. The zero-order valence-corrected chi connectivity index (χ0v) is 24.2. The lowest BCUT2D eigenvalue weighted by Gasteiger charge is -2.36. The van der Waals surface area contributed by atoms with Crippen molar-refractivity contribution in [3.8, 4) is 11.5 Å². The summed E-state index contributed by atoms with van der Waals surface area (Å²) in [5.74, 6) is -2.09. The van der Waals surface area contributed by atoms with E-state index in [2.05, 4.69) is 14.8 Å². The summed E-state index contributed by atoms with van der Waals surface area (Å²) in [6.45, 7) is 6.05. The molecule has 0 bridgehead atoms. The number of anilines is 1. The van der Waals surface area contributed by atoms with E-state index in [0.29, 0.717) is 73.1 Å². The topological polar surface area (TPSA) is 89.3 Å². The number of nitrogens with zero attached hydrogens (tertiary/aromatic N) is 4. The Bertz CT molecular complexity index is 1700. The Morgan fingerprint density at radius 3 is 2.67 bits per heavy atom. The van der Waals surface area contributed by atoms with E-state index < -0.39 is 23.4 Å². The minimum Gasteiger partial charge on any atom is -0.477 e. The van der Waals surface area contributed by atoms with Crippen molar-refractivity contribution in [3.63, 3.8) is 0 Å². The van der Waals surface area contributed by atoms with Gasteiger partial charge in [-0.05, 0) is 36.8 Å². The third-order valence-corrected chi connectivity index (χ3v) is 9.32. The van der Waals surface area contributed by atoms with E-state index in [1.165, 1.54) is 6.07 Å². The molecular weight excluding hydrogens is 590 g/mol. The maximum absolute atomic E-state index is 15.1. The molecule has 42 heavy (non-hydrogen) atoms. The molecule has 7 rings (SSSR count). The summed E-state index contributed by atoms with van der Waals surface area (Å²) >= 11 is 6.81. The van der Waals surface area contributed by atoms with E-state index in [0.717, 1.165) is 23.4 Å². The van der Waals surface area contributed by atoms with Gasteiger partial charge in [-0.3, -0.25) is 4.90 Å². The number of carboxylic acids is 1. The molecular formula is C29H27ClF2N4O5S. The third-order valence-electron chi connectivity index (χ3n) is 8.05. The molecule has 2 atom stereocenters. The van der Waals surface area contributed by atoms with Gasteiger partial charge in [-0.2, -0.15) is 0 Å². The molecule has 0 spiro atoms. The molecule has 3 aliphatic heterocycles. The minimum absolute atomic E-state index is 0.0417. The van der Waals surface area contributed by atoms with Crippen LogP contribution in [0.4, 0.5) is 14.5 Å². The van der Waals surface area contributed by atoms with Crippen molar-refractivity contribution in [2.75, 3.05) is 37.7 Å². The van der Waals surface area contributed by atoms with E-state index in [-0.39, 0.29) is 22.1 Å². The normalized spacial score (nSPS) is 22.1. The first kappa shape index (κ1) is 27.4. The first-order chi connectivity index (χ1) is 20.2. The number of benzene rings is 2. The standard InChI is InChI=1S/C29H27ClF2N4O5S/c1-29(18-6-5-16(30)13-19(18)31)40-21-4-2-3-20(25(21)41-29)35-10-8-34(9-11-35)15-22-33-27-24(23(32)26(42-27)28(37)38)36(22)14-17-7-12-39-17/h2-6,13,17H,7-12,14-15H2,1H3,(H,37,38). The van der Waals surface area contributed by atoms with Crippen LogP contribution < -0.4 is 14.4 Å². The average molecular weight is 617 g/mol. The van der Waals surface area contributed by atoms with E-state index in [4.69, 9.17) is 25.8 Å². The number of carbonyl (C=O) groups is 1. The van der Waals surface area contributed by atoms with Gasteiger partial charge in [-0.1, -0.05) is 17.7 Å². The van der Waals surface area contributed by atoms with Gasteiger partial charge in [-0.15, -0.1) is 11.3 Å². The third kappa shape index (κ3) is 4.66. The van der Waals surface area contributed by atoms with Crippen LogP contribution in [0.5, 0.6) is 11.5 Å². The maximum atomic E-state index is 15.1. The summed E-state index contributed by atoms with van der Waals surface area (Å²) < 4.78 is 49.7. The van der Waals surface area contributed by atoms with E-state index in [1.807, 2.05) is 12.1 Å². The number of halogens is 3. The summed E-state index contributed by atoms with van der Waals surface area (Å²) in [4.78, 5) is 20.7. The monoisotopic (exact) mass is 616 g/mol. The maximum Gasteiger partial charge on any atom is 0.349 e. The van der Waals surface area contributed by atoms with E-state index in [1.54, 1.807) is 29.7 Å². The molecule has 0 saturated carbocycles. The number of thiophene rings is 1. The Morgan fingerprint density at radius 2 is 1.98 bits per heavy atom. The second-order valence-electron chi connectivity index (χ2n) is 10.8. The summed E-state index contributed by atoms with van der Waals surface area (Å²) in [7, 11) is 0. The van der Waals surface area contributed by atoms with Gasteiger partial charge in [0.25, 0.3) is 5.79 Å². The number of carboxylic acid groups (broad SMARTS) is 1. The molecule has 5 heterocycles. The van der Waals surface area contributed by atoms with Gasteiger partial charge in [-0.25, -0.2) is 18.6 Å². The van der Waals surface area contributed by atoms with Crippen molar-refractivity contribution >= 4 is 44.9 Å². The Labute approximate surface area is 248 Å². The lowest BCUT2D eigenvalue weighted by molar-refractivity contribution is -0.0705. The highest BCUT2D eigenvalue weighted by Gasteiger charge is 2.43. The van der Waals surface area contributed by atoms with Crippen LogP contribution in [0.15, 0.2) is 36.4 Å². The lowest BCUT2D eigenvalue weighted by Crippen LogP contribution is -2.46. The zero-order chi connectivity index (χ0) is 29.2. The summed E-state index contributed by atoms with van der Waals surface area (Å²) in [5, 5.41) is 9.68. The Morgan fingerprint density at radius 1 is 1.19 bits per heavy atom. The van der Waals surface area contributed by atoms with Gasteiger partial charge in [0, 0.05) is 44.7 Å². The first-order valence-electron chi connectivity index (χ1n) is 13.7. The second kappa shape index (κ2) is 10.4. The number of rotatable bonds is 7. The number of aromatic carboxylic acids is 1. The number of fused-ring (bicyclic) bond motifs is 2. The first-order valence-corrected chi connectivity index (χ1v) is 14.9. The predicted molar refractivity (Wildman–Crippen MR) is 153 cm³/mol. The van der Waals surface area contributed by atoms with Crippen LogP contribution in [0.25, 0.3) is 10.3 Å². The molecule has 2 unspecified atom stereocenters. The van der Waals surface area contributed by atoms with Crippen molar-refractivity contribution in [2.24, 2.45) is 0 Å². The number of ether oxygens (including phenoxy) is 3. The molecule has 2 aromatic carbocycles. The predicted octanol–water partition coefficient (Wildman–Crippen LogP) is 5.48. The molecule has 2 saturated heterocycles. The summed E-state index contributed by atoms with van der Waals surface area (Å²) in [5.41, 5.74) is 1.35. The van der Waals surface area contributed by atoms with Crippen molar-refractivity contribution in [3.05, 3.63) is 69.3 Å². The molecule has 9 nitrogen and oxygen atoms in total. The molecule has 4 aromatic rings. The van der Waals surface area contributed by atoms with Gasteiger partial charge in [0.05, 0.1) is 30.4 Å². The average Bonchev–Trinajstić information content (AvgIpc) is 3.56. The van der Waals surface area contributed by atoms with Crippen LogP contribution in [0.1, 0.15) is 34.4 Å². The number of hydrogen-bond acceptors (Lipinski definition) is 8. The van der Waals surface area contributed by atoms with Crippen molar-refractivity contribution in [1.29, 1.82) is 0 Å². The minimum atomic E-state index is -1.33. The van der Waals surface area contributed by atoms with Gasteiger partial charge in [0.15, 0.2) is 22.2 Å². The van der Waals surface area contributed by atoms with Crippen LogP contribution in [0, 0.1) is 11.6 Å². The second-order valence-corrected chi connectivity index (χ2v) is 12.2. The summed E-state index contributed by atoms with van der Waals surface area (Å²) in [6, 6.07) is 10.1. The van der Waals surface area contributed by atoms with Crippen LogP contribution in [-0.2, 0) is 23.6 Å². The van der Waals surface area contributed by atoms with Crippen LogP contribution in [0.3, 0.4) is 0 Å². The molecule has 13 heteroatoms. The number of aromatic nitrogens is 2. The smallest absolute Gasteiger partial charge is 0.349 e. The van der Waals surface area contributed by atoms with E-state index in [9.17, 15) is 14.3 Å². The fourth-order valence-corrected chi connectivity index (χ4v) is 6.84. The van der Waals surface area contributed by atoms with Crippen LogP contribution in [0.2, 0.25) is 5.02 Å². The van der Waals surface area contributed by atoms with Crippen molar-refractivity contribution < 1.29 is 32.9 Å². The Balaban J connectivity index is 1.08. The summed E-state index contributed by atoms with van der Waals surface area (Å²) in [6.07, 6.45) is 0.826. The fraction of sp³-hybridized carbons (Fsp3) is 0.379. The lowest BCUT2D eigenvalue weighted by atomic mass is 10.1. The number of imidazole rings is 1. The molecule has 1 N–H and O–H groups in total. The Hall–Kier alpha value is -3.45. The van der Waals surface area contributed by atoms with Gasteiger partial charge >= 0.3 is 5.97 Å². The molecule has 0 aliphatic carbocycles. The molecule has 0 amide bonds. The molecule has 2 fully saturated rings. The van der Waals surface area contributed by atoms with Crippen molar-refractivity contribution in [2.45, 2.75) is 38.3 Å². The van der Waals surface area contributed by atoms with Gasteiger partial charge in [0.2, 0.25) is 0 Å². The highest BCUT2D eigenvalue weighted by molar-refractivity contribution is 7.20. The Kier molecular flexibility index (Phi) is 6.76. The molecule has 220 valence electrons. The van der Waals surface area contributed by atoms with E-state index >= 15 is 4.39 Å². The molecule has 0 radical (unpaired) electrons. The SMILES string of the molecule is CC1(c2ccc(Cl)cc2F)Oc2cccc(N3CCN(Cc4nc5sc(C(=O)O)c(F)c5n4CC4CCO4)CC3)c2O1. The zero-order valence-electron chi connectivity index (χ0n) is 22.6. The fourth-order valence-electron chi connectivity index (χ4n) is 5.77. The van der Waals surface area contributed by atoms with Crippen LogP contribution in [-0.4, -0.2) is 64.4 Å². The largest absolute Gasteiger partial charge is 0.477 e. The van der Waals surface area contributed by atoms with Crippen LogP contribution >= 0.6 is 22.9 Å². The highest BCUT2D eigenvalue weighted by Crippen LogP contribution is 2.50. The number of para-hydroxylation sites is 1. The van der Waals surface area contributed by atoms with Gasteiger partial charge < -0.3 is 28.8 Å². The number of piperazine rings is 1. The number of hydrogen-bond donors (Lipinski definition) is 1. The van der Waals surface area contributed by atoms with Gasteiger partial charge in [0.1, 0.15) is 22.0 Å². The quantitative estimate of drug-likeness (QED) is 0.292. The van der Waals surface area contributed by atoms with Crippen molar-refractivity contribution in [1.82, 2.24) is 14.5 Å².